The van der Waals surface area contributed by atoms with Crippen molar-refractivity contribution in [2.24, 2.45) is 0 Å². The van der Waals surface area contributed by atoms with Crippen molar-refractivity contribution >= 4 is 5.69 Å². The van der Waals surface area contributed by atoms with Crippen molar-refractivity contribution in [1.82, 2.24) is 4.90 Å². The van der Waals surface area contributed by atoms with Crippen LogP contribution in [0.4, 0.5) is 5.69 Å². The Kier molecular flexibility index (Phi) is 5.71. The molecule has 1 aliphatic heterocycles. The van der Waals surface area contributed by atoms with Crippen LogP contribution in [-0.2, 0) is 0 Å². The van der Waals surface area contributed by atoms with Gasteiger partial charge in [0.1, 0.15) is 6.61 Å². The zero-order chi connectivity index (χ0) is 15.1. The van der Waals surface area contributed by atoms with Gasteiger partial charge < -0.3 is 9.84 Å². The standard InChI is InChI=1S/C15H20N2O4/c18-13-7-10-16(11-8-13)9-3-4-12-21-15-6-2-1-5-14(15)17(19)20/h1-6,13,18H,7-12H2. The van der Waals surface area contributed by atoms with E-state index in [4.69, 9.17) is 4.74 Å². The molecule has 0 aliphatic carbocycles. The molecule has 0 radical (unpaired) electrons. The molecule has 0 unspecified atom stereocenters. The first-order chi connectivity index (χ1) is 10.2. The molecule has 0 amide bonds. The second-order valence-corrected chi connectivity index (χ2v) is 5.04. The second kappa shape index (κ2) is 7.75. The molecule has 0 bridgehead atoms. The first kappa shape index (κ1) is 15.5. The van der Waals surface area contributed by atoms with Crippen molar-refractivity contribution in [1.29, 1.82) is 0 Å². The Hall–Kier alpha value is -1.92. The normalized spacial score (nSPS) is 17.2. The van der Waals surface area contributed by atoms with Crippen LogP contribution in [0.25, 0.3) is 0 Å². The largest absolute Gasteiger partial charge is 0.483 e. The minimum absolute atomic E-state index is 0.0177. The number of likely N-dealkylation sites (tertiary alicyclic amines) is 1. The lowest BCUT2D eigenvalue weighted by molar-refractivity contribution is -0.385. The van der Waals surface area contributed by atoms with Gasteiger partial charge in [-0.3, -0.25) is 15.0 Å². The summed E-state index contributed by atoms with van der Waals surface area (Å²) in [5, 5.41) is 20.2. The van der Waals surface area contributed by atoms with Gasteiger partial charge in [-0.25, -0.2) is 0 Å². The number of aliphatic hydroxyl groups is 1. The number of ether oxygens (including phenoxy) is 1. The van der Waals surface area contributed by atoms with Crippen molar-refractivity contribution < 1.29 is 14.8 Å². The van der Waals surface area contributed by atoms with Crippen LogP contribution in [0.2, 0.25) is 0 Å². The van der Waals surface area contributed by atoms with Gasteiger partial charge in [0.2, 0.25) is 0 Å². The molecule has 1 aromatic rings. The molecule has 6 nitrogen and oxygen atoms in total. The Balaban J connectivity index is 1.74. The molecule has 1 fully saturated rings. The van der Waals surface area contributed by atoms with Crippen LogP contribution in [0.15, 0.2) is 36.4 Å². The van der Waals surface area contributed by atoms with E-state index in [0.717, 1.165) is 32.5 Å². The number of aliphatic hydroxyl groups excluding tert-OH is 1. The fourth-order valence-electron chi connectivity index (χ4n) is 2.26. The third-order valence-electron chi connectivity index (χ3n) is 3.48. The Morgan fingerprint density at radius 1 is 1.33 bits per heavy atom. The SMILES string of the molecule is O=[N+]([O-])c1ccccc1OCC=CCN1CCC(O)CC1. The van der Waals surface area contributed by atoms with Crippen LogP contribution in [-0.4, -0.2) is 47.3 Å². The van der Waals surface area contributed by atoms with Crippen molar-refractivity contribution in [2.75, 3.05) is 26.2 Å². The van der Waals surface area contributed by atoms with Gasteiger partial charge in [-0.05, 0) is 18.9 Å². The fourth-order valence-corrected chi connectivity index (χ4v) is 2.26. The number of piperidine rings is 1. The summed E-state index contributed by atoms with van der Waals surface area (Å²) in [4.78, 5) is 12.6. The van der Waals surface area contributed by atoms with Gasteiger partial charge in [0.15, 0.2) is 5.75 Å². The molecule has 1 heterocycles. The molecule has 114 valence electrons. The maximum Gasteiger partial charge on any atom is 0.310 e. The fraction of sp³-hybridized carbons (Fsp3) is 0.467. The van der Waals surface area contributed by atoms with E-state index in [1.807, 2.05) is 12.2 Å². The number of nitrogens with zero attached hydrogens (tertiary/aromatic N) is 2. The van der Waals surface area contributed by atoms with Gasteiger partial charge in [0.05, 0.1) is 11.0 Å². The number of nitro benzene ring substituents is 1. The third kappa shape index (κ3) is 4.84. The van der Waals surface area contributed by atoms with E-state index in [-0.39, 0.29) is 17.5 Å². The Morgan fingerprint density at radius 2 is 2.05 bits per heavy atom. The van der Waals surface area contributed by atoms with E-state index >= 15 is 0 Å². The Labute approximate surface area is 123 Å². The highest BCUT2D eigenvalue weighted by Crippen LogP contribution is 2.25. The number of rotatable bonds is 6. The third-order valence-corrected chi connectivity index (χ3v) is 3.48. The first-order valence-electron chi connectivity index (χ1n) is 7.08. The van der Waals surface area contributed by atoms with E-state index in [1.54, 1.807) is 18.2 Å². The molecule has 0 saturated carbocycles. The average molecular weight is 292 g/mol. The zero-order valence-electron chi connectivity index (χ0n) is 11.9. The van der Waals surface area contributed by atoms with Gasteiger partial charge in [0, 0.05) is 25.7 Å². The van der Waals surface area contributed by atoms with Crippen molar-refractivity contribution in [3.05, 3.63) is 46.5 Å². The maximum atomic E-state index is 10.8. The quantitative estimate of drug-likeness (QED) is 0.493. The Morgan fingerprint density at radius 3 is 2.76 bits per heavy atom. The second-order valence-electron chi connectivity index (χ2n) is 5.04. The summed E-state index contributed by atoms with van der Waals surface area (Å²) in [6.07, 6.45) is 5.34. The predicted octanol–water partition coefficient (Wildman–Crippen LogP) is 1.99. The summed E-state index contributed by atoms with van der Waals surface area (Å²) in [7, 11) is 0. The number of para-hydroxylation sites is 2. The summed E-state index contributed by atoms with van der Waals surface area (Å²) in [6, 6.07) is 6.35. The summed E-state index contributed by atoms with van der Waals surface area (Å²) in [5.41, 5.74) is -0.0177. The summed E-state index contributed by atoms with van der Waals surface area (Å²) in [5.74, 6) is 0.285. The monoisotopic (exact) mass is 292 g/mol. The smallest absolute Gasteiger partial charge is 0.310 e. The molecule has 0 aromatic heterocycles. The van der Waals surface area contributed by atoms with E-state index in [1.165, 1.54) is 6.07 Å². The lowest BCUT2D eigenvalue weighted by Gasteiger charge is -2.28. The molecule has 1 aliphatic rings. The van der Waals surface area contributed by atoms with Gasteiger partial charge in [-0.15, -0.1) is 0 Å². The van der Waals surface area contributed by atoms with Gasteiger partial charge >= 0.3 is 5.69 Å². The molecule has 6 heteroatoms. The van der Waals surface area contributed by atoms with Crippen LogP contribution in [0.5, 0.6) is 5.75 Å². The zero-order valence-corrected chi connectivity index (χ0v) is 11.9. The molecule has 1 saturated heterocycles. The van der Waals surface area contributed by atoms with Crippen LogP contribution in [0.3, 0.4) is 0 Å². The van der Waals surface area contributed by atoms with Crippen molar-refractivity contribution in [3.8, 4) is 5.75 Å². The van der Waals surface area contributed by atoms with E-state index < -0.39 is 4.92 Å². The summed E-state index contributed by atoms with van der Waals surface area (Å²) >= 11 is 0. The Bertz CT molecular complexity index is 496. The number of benzene rings is 1. The van der Waals surface area contributed by atoms with Crippen molar-refractivity contribution in [2.45, 2.75) is 18.9 Å². The molecule has 1 N–H and O–H groups in total. The van der Waals surface area contributed by atoms with Gasteiger partial charge in [-0.2, -0.15) is 0 Å². The molecule has 1 aromatic carbocycles. The molecular weight excluding hydrogens is 272 g/mol. The number of hydrogen-bond donors (Lipinski definition) is 1. The highest BCUT2D eigenvalue weighted by atomic mass is 16.6. The van der Waals surface area contributed by atoms with Crippen LogP contribution in [0, 0.1) is 10.1 Å². The van der Waals surface area contributed by atoms with Crippen LogP contribution >= 0.6 is 0 Å². The maximum absolute atomic E-state index is 10.8. The lowest BCUT2D eigenvalue weighted by atomic mass is 10.1. The highest BCUT2D eigenvalue weighted by Gasteiger charge is 2.15. The van der Waals surface area contributed by atoms with E-state index in [0.29, 0.717) is 6.61 Å². The lowest BCUT2D eigenvalue weighted by Crippen LogP contribution is -2.35. The average Bonchev–Trinajstić information content (AvgIpc) is 2.49. The van der Waals surface area contributed by atoms with Gasteiger partial charge in [-0.1, -0.05) is 24.3 Å². The minimum atomic E-state index is -0.446. The molecule has 2 rings (SSSR count). The number of hydrogen-bond acceptors (Lipinski definition) is 5. The predicted molar refractivity (Wildman–Crippen MR) is 79.4 cm³/mol. The first-order valence-corrected chi connectivity index (χ1v) is 7.08. The van der Waals surface area contributed by atoms with E-state index in [9.17, 15) is 15.2 Å². The van der Waals surface area contributed by atoms with Crippen molar-refractivity contribution in [3.63, 3.8) is 0 Å². The summed E-state index contributed by atoms with van der Waals surface area (Å²) in [6.45, 7) is 2.92. The minimum Gasteiger partial charge on any atom is -0.483 e. The molecule has 0 atom stereocenters. The number of nitro groups is 1. The molecule has 0 spiro atoms. The van der Waals surface area contributed by atoms with Crippen LogP contribution in [0.1, 0.15) is 12.8 Å². The van der Waals surface area contributed by atoms with Crippen LogP contribution < -0.4 is 4.74 Å². The highest BCUT2D eigenvalue weighted by molar-refractivity contribution is 5.45. The van der Waals surface area contributed by atoms with Gasteiger partial charge in [0.25, 0.3) is 0 Å². The summed E-state index contributed by atoms with van der Waals surface area (Å²) < 4.78 is 5.42. The topological polar surface area (TPSA) is 75.8 Å². The van der Waals surface area contributed by atoms with E-state index in [2.05, 4.69) is 4.90 Å². The molecular formula is C15H20N2O4. The molecule has 21 heavy (non-hydrogen) atoms.